The first-order valence-corrected chi connectivity index (χ1v) is 5.93. The Balaban J connectivity index is 2.41. The lowest BCUT2D eigenvalue weighted by Crippen LogP contribution is -1.98. The van der Waals surface area contributed by atoms with Crippen LogP contribution in [0.3, 0.4) is 0 Å². The van der Waals surface area contributed by atoms with E-state index in [1.807, 2.05) is 0 Å². The molecule has 0 unspecified atom stereocenters. The molecule has 2 aromatic carbocycles. The van der Waals surface area contributed by atoms with Gasteiger partial charge in [-0.3, -0.25) is 20.2 Å². The maximum atomic E-state index is 11.0. The number of non-ortho nitro benzene ring substituents is 1. The molecular weight excluding hydrogens is 284 g/mol. The molecule has 0 aliphatic carbocycles. The van der Waals surface area contributed by atoms with Crippen LogP contribution in [0.2, 0.25) is 5.02 Å². The minimum Gasteiger partial charge on any atom is -0.258 e. The van der Waals surface area contributed by atoms with E-state index in [2.05, 4.69) is 6.07 Å². The van der Waals surface area contributed by atoms with Crippen LogP contribution in [0.4, 0.5) is 11.4 Å². The fraction of sp³-hybridized carbons (Fsp3) is 0.0769. The van der Waals surface area contributed by atoms with Gasteiger partial charge in [-0.05, 0) is 17.7 Å². The number of nitro groups is 2. The Morgan fingerprint density at radius 2 is 1.85 bits per heavy atom. The van der Waals surface area contributed by atoms with Crippen molar-refractivity contribution >= 4 is 23.0 Å². The molecule has 0 saturated heterocycles. The summed E-state index contributed by atoms with van der Waals surface area (Å²) in [6, 6.07) is 11.4. The third kappa shape index (κ3) is 3.10. The van der Waals surface area contributed by atoms with Crippen molar-refractivity contribution in [2.24, 2.45) is 0 Å². The Morgan fingerprint density at radius 3 is 2.45 bits per heavy atom. The van der Waals surface area contributed by atoms with Gasteiger partial charge in [0.05, 0.1) is 15.9 Å². The van der Waals surface area contributed by atoms with Gasteiger partial charge in [0, 0.05) is 29.1 Å². The molecule has 0 bridgehead atoms. The summed E-state index contributed by atoms with van der Waals surface area (Å²) in [7, 11) is 0. The van der Waals surface area contributed by atoms with Crippen molar-refractivity contribution in [3.05, 3.63) is 78.8 Å². The van der Waals surface area contributed by atoms with Gasteiger partial charge >= 0.3 is 0 Å². The van der Waals surface area contributed by atoms with E-state index >= 15 is 0 Å². The second-order valence-corrected chi connectivity index (χ2v) is 4.46. The Labute approximate surface area is 118 Å². The molecular formula is C13H8ClN2O4. The molecule has 1 radical (unpaired) electrons. The molecule has 101 valence electrons. The fourth-order valence-electron chi connectivity index (χ4n) is 1.80. The van der Waals surface area contributed by atoms with Crippen LogP contribution in [0.5, 0.6) is 0 Å². The topological polar surface area (TPSA) is 86.3 Å². The van der Waals surface area contributed by atoms with Crippen LogP contribution in [-0.4, -0.2) is 9.85 Å². The van der Waals surface area contributed by atoms with E-state index in [4.69, 9.17) is 11.6 Å². The number of hydrogen-bond acceptors (Lipinski definition) is 4. The van der Waals surface area contributed by atoms with Crippen molar-refractivity contribution in [2.45, 2.75) is 6.42 Å². The van der Waals surface area contributed by atoms with Crippen molar-refractivity contribution in [1.82, 2.24) is 0 Å². The summed E-state index contributed by atoms with van der Waals surface area (Å²) in [5, 5.41) is 22.1. The lowest BCUT2D eigenvalue weighted by Gasteiger charge is -2.04. The monoisotopic (exact) mass is 291 g/mol. The molecule has 0 aliphatic heterocycles. The van der Waals surface area contributed by atoms with Crippen molar-refractivity contribution in [3.63, 3.8) is 0 Å². The van der Waals surface area contributed by atoms with Gasteiger partial charge in [0.25, 0.3) is 11.4 Å². The lowest BCUT2D eigenvalue weighted by atomic mass is 10.0. The van der Waals surface area contributed by atoms with Crippen LogP contribution in [0.15, 0.2) is 36.4 Å². The van der Waals surface area contributed by atoms with E-state index in [-0.39, 0.29) is 17.8 Å². The number of halogens is 1. The minimum atomic E-state index is -0.662. The summed E-state index contributed by atoms with van der Waals surface area (Å²) in [5.41, 5.74) is 0.580. The van der Waals surface area contributed by atoms with Gasteiger partial charge in [0.2, 0.25) is 0 Å². The molecule has 2 rings (SSSR count). The number of nitro benzene ring substituents is 2. The molecule has 0 amide bonds. The standard InChI is InChI=1S/C13H8ClN2O4/c14-11-3-1-2-9(7-11)6-10-4-5-12(15(17)18)8-13(10)16(19)20/h1-2,4-5,7-8H,6H2. The van der Waals surface area contributed by atoms with Gasteiger partial charge in [0.15, 0.2) is 0 Å². The number of benzene rings is 2. The lowest BCUT2D eigenvalue weighted by molar-refractivity contribution is -0.394. The average molecular weight is 292 g/mol. The molecule has 6 nitrogen and oxygen atoms in total. The quantitative estimate of drug-likeness (QED) is 0.636. The highest BCUT2D eigenvalue weighted by Crippen LogP contribution is 2.27. The van der Waals surface area contributed by atoms with Crippen LogP contribution >= 0.6 is 11.6 Å². The predicted octanol–water partition coefficient (Wildman–Crippen LogP) is 3.55. The van der Waals surface area contributed by atoms with Gasteiger partial charge in [-0.2, -0.15) is 0 Å². The maximum Gasteiger partial charge on any atom is 0.279 e. The average Bonchev–Trinajstić information content (AvgIpc) is 2.38. The molecule has 0 atom stereocenters. The maximum absolute atomic E-state index is 11.0. The van der Waals surface area contributed by atoms with E-state index in [0.717, 1.165) is 11.6 Å². The molecule has 0 spiro atoms. The Kier molecular flexibility index (Phi) is 3.95. The molecule has 0 fully saturated rings. The molecule has 0 saturated carbocycles. The van der Waals surface area contributed by atoms with Crippen LogP contribution in [0.25, 0.3) is 0 Å². The van der Waals surface area contributed by atoms with E-state index < -0.39 is 9.85 Å². The van der Waals surface area contributed by atoms with E-state index in [0.29, 0.717) is 10.6 Å². The van der Waals surface area contributed by atoms with E-state index in [1.165, 1.54) is 12.1 Å². The zero-order valence-electron chi connectivity index (χ0n) is 10.1. The first-order chi connectivity index (χ1) is 9.47. The van der Waals surface area contributed by atoms with Crippen LogP contribution in [0, 0.1) is 26.3 Å². The Bertz CT molecular complexity index is 688. The molecule has 0 aromatic heterocycles. The third-order valence-electron chi connectivity index (χ3n) is 2.70. The van der Waals surface area contributed by atoms with Gasteiger partial charge in [0.1, 0.15) is 0 Å². The number of nitrogens with zero attached hydrogens (tertiary/aromatic N) is 2. The minimum absolute atomic E-state index is 0.267. The highest BCUT2D eigenvalue weighted by atomic mass is 35.5. The molecule has 20 heavy (non-hydrogen) atoms. The first-order valence-electron chi connectivity index (χ1n) is 5.55. The van der Waals surface area contributed by atoms with Crippen LogP contribution < -0.4 is 0 Å². The van der Waals surface area contributed by atoms with Gasteiger partial charge in [-0.15, -0.1) is 0 Å². The zero-order valence-corrected chi connectivity index (χ0v) is 10.8. The van der Waals surface area contributed by atoms with Gasteiger partial charge in [-0.25, -0.2) is 0 Å². The van der Waals surface area contributed by atoms with Crippen LogP contribution in [0.1, 0.15) is 11.1 Å². The fourth-order valence-corrected chi connectivity index (χ4v) is 2.00. The molecule has 7 heteroatoms. The van der Waals surface area contributed by atoms with Crippen molar-refractivity contribution in [2.75, 3.05) is 0 Å². The summed E-state index contributed by atoms with van der Waals surface area (Å²) in [5.74, 6) is 0. The van der Waals surface area contributed by atoms with E-state index in [1.54, 1.807) is 18.2 Å². The SMILES string of the molecule is O=[N+]([O-])c1ccc(Cc2cc[c]c(Cl)c2)c([N+](=O)[O-])c1. The summed E-state index contributed by atoms with van der Waals surface area (Å²) < 4.78 is 0. The Hall–Kier alpha value is -2.47. The number of hydrogen-bond donors (Lipinski definition) is 0. The predicted molar refractivity (Wildman–Crippen MR) is 72.8 cm³/mol. The molecule has 0 N–H and O–H groups in total. The second-order valence-electron chi connectivity index (χ2n) is 4.05. The first kappa shape index (κ1) is 14.0. The number of rotatable bonds is 4. The summed E-state index contributed by atoms with van der Waals surface area (Å²) in [6.45, 7) is 0. The van der Waals surface area contributed by atoms with Gasteiger partial charge in [-0.1, -0.05) is 23.7 Å². The van der Waals surface area contributed by atoms with Crippen LogP contribution in [-0.2, 0) is 6.42 Å². The normalized spacial score (nSPS) is 10.2. The van der Waals surface area contributed by atoms with Crippen molar-refractivity contribution in [1.29, 1.82) is 0 Å². The van der Waals surface area contributed by atoms with Crippen molar-refractivity contribution in [3.8, 4) is 0 Å². The van der Waals surface area contributed by atoms with Gasteiger partial charge < -0.3 is 0 Å². The molecule has 0 heterocycles. The molecule has 0 aliphatic rings. The second kappa shape index (κ2) is 5.66. The summed E-state index contributed by atoms with van der Waals surface area (Å²) in [4.78, 5) is 20.4. The summed E-state index contributed by atoms with van der Waals surface area (Å²) >= 11 is 5.80. The third-order valence-corrected chi connectivity index (χ3v) is 2.92. The zero-order chi connectivity index (χ0) is 14.7. The van der Waals surface area contributed by atoms with E-state index in [9.17, 15) is 20.2 Å². The molecule has 2 aromatic rings. The Morgan fingerprint density at radius 1 is 1.10 bits per heavy atom. The van der Waals surface area contributed by atoms with Crippen molar-refractivity contribution < 1.29 is 9.85 Å². The highest BCUT2D eigenvalue weighted by molar-refractivity contribution is 6.30. The summed E-state index contributed by atoms with van der Waals surface area (Å²) in [6.07, 6.45) is 0.267. The smallest absolute Gasteiger partial charge is 0.258 e. The highest BCUT2D eigenvalue weighted by Gasteiger charge is 2.19. The largest absolute Gasteiger partial charge is 0.279 e.